The van der Waals surface area contributed by atoms with Crippen molar-refractivity contribution in [1.29, 1.82) is 0 Å². The second-order valence-electron chi connectivity index (χ2n) is 13.4. The number of carbonyl (C=O) groups excluding carboxylic acids is 2. The Morgan fingerprint density at radius 3 is 2.50 bits per heavy atom. The van der Waals surface area contributed by atoms with E-state index in [1.807, 2.05) is 54.6 Å². The minimum atomic E-state index is -1.49. The molecule has 2 aliphatic heterocycles. The molecule has 4 unspecified atom stereocenters. The van der Waals surface area contributed by atoms with Crippen molar-refractivity contribution >= 4 is 29.5 Å². The van der Waals surface area contributed by atoms with Gasteiger partial charge in [0.05, 0.1) is 43.7 Å². The maximum Gasteiger partial charge on any atom is 0.330 e. The summed E-state index contributed by atoms with van der Waals surface area (Å²) in [6.07, 6.45) is 8.31. The first-order chi connectivity index (χ1) is 21.8. The van der Waals surface area contributed by atoms with Gasteiger partial charge in [0.2, 0.25) is 11.8 Å². The van der Waals surface area contributed by atoms with Crippen molar-refractivity contribution in [3.63, 3.8) is 0 Å². The zero-order chi connectivity index (χ0) is 33.4. The van der Waals surface area contributed by atoms with Crippen molar-refractivity contribution in [2.75, 3.05) is 13.7 Å². The number of nitrogens with zero attached hydrogens (tertiary/aromatic N) is 2. The molecule has 0 bridgehead atoms. The molecular formula is C35H41N3O8. The zero-order valence-electron chi connectivity index (χ0n) is 26.5. The second kappa shape index (κ2) is 12.6. The van der Waals surface area contributed by atoms with Gasteiger partial charge < -0.3 is 29.9 Å². The van der Waals surface area contributed by atoms with Gasteiger partial charge in [0, 0.05) is 18.4 Å². The molecule has 1 saturated heterocycles. The van der Waals surface area contributed by atoms with Crippen molar-refractivity contribution in [1.82, 2.24) is 10.2 Å². The van der Waals surface area contributed by atoms with Crippen LogP contribution in [-0.2, 0) is 28.7 Å². The van der Waals surface area contributed by atoms with Gasteiger partial charge in [-0.1, -0.05) is 63.3 Å². The summed E-state index contributed by atoms with van der Waals surface area (Å²) in [6, 6.07) is 8.28. The van der Waals surface area contributed by atoms with Crippen LogP contribution in [0.2, 0.25) is 0 Å². The average molecular weight is 632 g/mol. The summed E-state index contributed by atoms with van der Waals surface area (Å²) in [6.45, 7) is 9.05. The molecule has 4 aliphatic rings. The lowest BCUT2D eigenvalue weighted by atomic mass is 9.77. The molecule has 1 saturated carbocycles. The predicted molar refractivity (Wildman–Crippen MR) is 170 cm³/mol. The van der Waals surface area contributed by atoms with Crippen LogP contribution in [0.4, 0.5) is 0 Å². The third-order valence-electron chi connectivity index (χ3n) is 9.27. The van der Waals surface area contributed by atoms with Crippen LogP contribution < -0.4 is 5.32 Å². The molecule has 11 heteroatoms. The topological polar surface area (TPSA) is 155 Å². The number of ether oxygens (including phenoxy) is 2. The number of methoxy groups -OCH3 is 1. The number of nitrogens with one attached hydrogen (secondary N) is 1. The van der Waals surface area contributed by atoms with Crippen LogP contribution in [-0.4, -0.2) is 82.0 Å². The summed E-state index contributed by atoms with van der Waals surface area (Å²) in [5.41, 5.74) is -0.608. The Morgan fingerprint density at radius 1 is 1.20 bits per heavy atom. The van der Waals surface area contributed by atoms with Crippen molar-refractivity contribution in [3.8, 4) is 0 Å². The van der Waals surface area contributed by atoms with Crippen molar-refractivity contribution in [2.24, 2.45) is 28.2 Å². The second-order valence-corrected chi connectivity index (χ2v) is 13.4. The number of benzene rings is 1. The number of amides is 2. The number of hydrogen-bond acceptors (Lipinski definition) is 7. The van der Waals surface area contributed by atoms with Crippen LogP contribution in [0.5, 0.6) is 0 Å². The Morgan fingerprint density at radius 2 is 1.91 bits per heavy atom. The predicted octanol–water partition coefficient (Wildman–Crippen LogP) is 3.73. The minimum Gasteiger partial charge on any atom is -0.497 e. The van der Waals surface area contributed by atoms with Gasteiger partial charge in [-0.3, -0.25) is 19.4 Å². The van der Waals surface area contributed by atoms with Gasteiger partial charge >= 0.3 is 11.9 Å². The molecule has 0 spiro atoms. The van der Waals surface area contributed by atoms with E-state index in [4.69, 9.17) is 14.5 Å². The summed E-state index contributed by atoms with van der Waals surface area (Å²) in [7, 11) is 1.59. The molecule has 1 aromatic rings. The summed E-state index contributed by atoms with van der Waals surface area (Å²) in [5, 5.41) is 22.2. The number of carboxylic acids is 2. The number of fused-ring (bicyclic) bond motifs is 1. The van der Waals surface area contributed by atoms with E-state index in [0.717, 1.165) is 5.56 Å². The SMILES string of the molecule is C=CC1CC1(NC(=O)[C@@H]1C[C@@H](OC2=CC(c3ccccc3)=NC3C=C(OC)C=CC23)CN1C(=O)[C@@H](CC(=O)O)C(C)(C)C)C(=O)O. The average Bonchev–Trinajstić information content (AvgIpc) is 3.58. The third-order valence-corrected chi connectivity index (χ3v) is 9.27. The first kappa shape index (κ1) is 32.7. The van der Waals surface area contributed by atoms with Gasteiger partial charge in [0.1, 0.15) is 29.2 Å². The number of aliphatic carboxylic acids is 2. The number of allylic oxidation sites excluding steroid dienone is 2. The highest BCUT2D eigenvalue weighted by Gasteiger charge is 2.61. The Bertz CT molecular complexity index is 1540. The number of hydrogen-bond donors (Lipinski definition) is 3. The molecule has 2 fully saturated rings. The minimum absolute atomic E-state index is 0.0174. The Balaban J connectivity index is 1.46. The number of rotatable bonds is 11. The van der Waals surface area contributed by atoms with Gasteiger partial charge in [-0.05, 0) is 29.6 Å². The molecule has 46 heavy (non-hydrogen) atoms. The molecule has 244 valence electrons. The lowest BCUT2D eigenvalue weighted by Crippen LogP contribution is -2.54. The molecular weight excluding hydrogens is 590 g/mol. The fourth-order valence-corrected chi connectivity index (χ4v) is 6.49. The van der Waals surface area contributed by atoms with Crippen LogP contribution in [0.3, 0.4) is 0 Å². The van der Waals surface area contributed by atoms with E-state index in [2.05, 4.69) is 11.9 Å². The van der Waals surface area contributed by atoms with Gasteiger partial charge in [0.15, 0.2) is 0 Å². The summed E-state index contributed by atoms with van der Waals surface area (Å²) < 4.78 is 12.1. The number of dihydropyridines is 1. The standard InChI is InChI=1S/C35H41N3O8/c1-6-21-18-35(21,33(43)44)37-31(41)28-15-23(19-38(28)32(42)25(16-30(39)40)34(2,3)4)46-29-17-26(20-10-8-7-9-11-20)36-27-14-22(45-5)12-13-24(27)29/h6-14,17,21,23-25,27-28H,1,15-16,18-19H2,2-5H3,(H,37,41)(H,39,40)(H,43,44)/t21?,23-,24?,25-,27?,28+,35?/m1/s1. The summed E-state index contributed by atoms with van der Waals surface area (Å²) in [5.74, 6) is -3.77. The van der Waals surface area contributed by atoms with E-state index in [1.54, 1.807) is 27.9 Å². The molecule has 7 atom stereocenters. The monoisotopic (exact) mass is 631 g/mol. The molecule has 2 aliphatic carbocycles. The first-order valence-corrected chi connectivity index (χ1v) is 15.4. The highest BCUT2D eigenvalue weighted by atomic mass is 16.5. The van der Waals surface area contributed by atoms with Crippen molar-refractivity contribution in [3.05, 3.63) is 84.4 Å². The van der Waals surface area contributed by atoms with E-state index in [1.165, 1.54) is 11.0 Å². The smallest absolute Gasteiger partial charge is 0.330 e. The van der Waals surface area contributed by atoms with Crippen molar-refractivity contribution in [2.45, 2.75) is 63.8 Å². The fraction of sp³-hybridized carbons (Fsp3) is 0.457. The third kappa shape index (κ3) is 6.49. The maximum absolute atomic E-state index is 14.1. The lowest BCUT2D eigenvalue weighted by Gasteiger charge is -2.34. The number of carbonyl (C=O) groups is 4. The maximum atomic E-state index is 14.1. The van der Waals surface area contributed by atoms with Crippen LogP contribution in [0, 0.1) is 23.2 Å². The summed E-state index contributed by atoms with van der Waals surface area (Å²) in [4.78, 5) is 58.2. The van der Waals surface area contributed by atoms with E-state index in [-0.39, 0.29) is 31.3 Å². The molecule has 3 N–H and O–H groups in total. The molecule has 0 radical (unpaired) electrons. The van der Waals surface area contributed by atoms with E-state index < -0.39 is 65.1 Å². The van der Waals surface area contributed by atoms with Crippen LogP contribution in [0.15, 0.2) is 83.8 Å². The van der Waals surface area contributed by atoms with Crippen molar-refractivity contribution < 1.29 is 38.9 Å². The highest BCUT2D eigenvalue weighted by molar-refractivity contribution is 6.09. The van der Waals surface area contributed by atoms with Gasteiger partial charge in [-0.15, -0.1) is 6.58 Å². The lowest BCUT2D eigenvalue weighted by molar-refractivity contribution is -0.151. The van der Waals surface area contributed by atoms with Gasteiger partial charge in [-0.25, -0.2) is 4.79 Å². The normalized spacial score (nSPS) is 28.9. The van der Waals surface area contributed by atoms with Gasteiger partial charge in [-0.2, -0.15) is 0 Å². The zero-order valence-corrected chi connectivity index (χ0v) is 26.5. The molecule has 1 aromatic carbocycles. The molecule has 0 aromatic heterocycles. The molecule has 5 rings (SSSR count). The van der Waals surface area contributed by atoms with Gasteiger partial charge in [0.25, 0.3) is 0 Å². The van der Waals surface area contributed by atoms with Crippen LogP contribution in [0.1, 0.15) is 45.6 Å². The first-order valence-electron chi connectivity index (χ1n) is 15.4. The number of likely N-dealkylation sites (tertiary alicyclic amines) is 1. The molecule has 11 nitrogen and oxygen atoms in total. The Kier molecular flexibility index (Phi) is 8.97. The van der Waals surface area contributed by atoms with E-state index in [0.29, 0.717) is 17.2 Å². The fourth-order valence-electron chi connectivity index (χ4n) is 6.49. The number of aliphatic imine (C=N–C) groups is 1. The van der Waals surface area contributed by atoms with Crippen LogP contribution in [0.25, 0.3) is 0 Å². The Labute approximate surface area is 268 Å². The van der Waals surface area contributed by atoms with E-state index in [9.17, 15) is 29.4 Å². The molecule has 2 heterocycles. The highest BCUT2D eigenvalue weighted by Crippen LogP contribution is 2.45. The van der Waals surface area contributed by atoms with Crippen LogP contribution >= 0.6 is 0 Å². The Hall–Kier alpha value is -4.67. The quantitative estimate of drug-likeness (QED) is 0.312. The summed E-state index contributed by atoms with van der Waals surface area (Å²) >= 11 is 0. The largest absolute Gasteiger partial charge is 0.497 e. The number of carboxylic acid groups (broad SMARTS) is 2. The van der Waals surface area contributed by atoms with E-state index >= 15 is 0 Å². The molecule has 2 amide bonds.